The minimum atomic E-state index is 0.0924. The quantitative estimate of drug-likeness (QED) is 0.580. The number of hydrogen-bond donors (Lipinski definition) is 2. The Labute approximate surface area is 169 Å². The first kappa shape index (κ1) is 19.6. The lowest BCUT2D eigenvalue weighted by Crippen LogP contribution is -3.10. The van der Waals surface area contributed by atoms with Gasteiger partial charge in [-0.1, -0.05) is 24.3 Å². The summed E-state index contributed by atoms with van der Waals surface area (Å²) in [4.78, 5) is 18.5. The van der Waals surface area contributed by atoms with Crippen LogP contribution < -0.4 is 15.1 Å². The number of quaternary nitrogens is 1. The number of hydrogen-bond acceptors (Lipinski definition) is 4. The van der Waals surface area contributed by atoms with Crippen LogP contribution in [0.15, 0.2) is 59.3 Å². The minimum absolute atomic E-state index is 0.0924. The van der Waals surface area contributed by atoms with Gasteiger partial charge in [-0.05, 0) is 40.6 Å². The van der Waals surface area contributed by atoms with Crippen LogP contribution in [0.3, 0.4) is 0 Å². The van der Waals surface area contributed by atoms with Gasteiger partial charge < -0.3 is 15.1 Å². The van der Waals surface area contributed by atoms with Crippen LogP contribution in [-0.2, 0) is 24.4 Å². The molecule has 1 amide bonds. The highest BCUT2D eigenvalue weighted by atomic mass is 32.1. The van der Waals surface area contributed by atoms with Crippen LogP contribution in [0.4, 0.5) is 5.69 Å². The lowest BCUT2D eigenvalue weighted by Gasteiger charge is -2.18. The molecule has 0 bridgehead atoms. The molecule has 4 nitrogen and oxygen atoms in total. The molecule has 0 saturated carbocycles. The van der Waals surface area contributed by atoms with Crippen molar-refractivity contribution in [2.75, 3.05) is 25.5 Å². The van der Waals surface area contributed by atoms with Crippen molar-refractivity contribution in [1.29, 1.82) is 0 Å². The zero-order valence-corrected chi connectivity index (χ0v) is 17.4. The van der Waals surface area contributed by atoms with E-state index in [1.165, 1.54) is 14.7 Å². The minimum Gasteiger partial charge on any atom is -0.378 e. The van der Waals surface area contributed by atoms with Crippen LogP contribution in [0, 0.1) is 0 Å². The molecule has 6 heteroatoms. The molecule has 0 aliphatic heterocycles. The molecule has 27 heavy (non-hydrogen) atoms. The average Bonchev–Trinajstić information content (AvgIpc) is 3.34. The van der Waals surface area contributed by atoms with Crippen molar-refractivity contribution in [2.45, 2.75) is 19.6 Å². The normalized spacial score (nSPS) is 10.9. The van der Waals surface area contributed by atoms with E-state index in [-0.39, 0.29) is 5.91 Å². The van der Waals surface area contributed by atoms with Gasteiger partial charge in [0.15, 0.2) is 6.54 Å². The first-order chi connectivity index (χ1) is 13.1. The third kappa shape index (κ3) is 6.20. The molecular weight excluding hydrogens is 374 g/mol. The van der Waals surface area contributed by atoms with Crippen LogP contribution in [0.2, 0.25) is 0 Å². The van der Waals surface area contributed by atoms with Gasteiger partial charge in [-0.25, -0.2) is 0 Å². The summed E-state index contributed by atoms with van der Waals surface area (Å²) >= 11 is 3.50. The van der Waals surface area contributed by atoms with E-state index in [4.69, 9.17) is 0 Å². The second-order valence-corrected chi connectivity index (χ2v) is 8.84. The molecule has 2 N–H and O–H groups in total. The number of nitrogens with zero attached hydrogens (tertiary/aromatic N) is 1. The number of carbonyl (C=O) groups is 1. The van der Waals surface area contributed by atoms with Gasteiger partial charge in [0.05, 0.1) is 9.75 Å². The summed E-state index contributed by atoms with van der Waals surface area (Å²) in [6.45, 7) is 2.80. The van der Waals surface area contributed by atoms with Crippen molar-refractivity contribution in [3.63, 3.8) is 0 Å². The number of nitrogens with one attached hydrogen (secondary N) is 2. The largest absolute Gasteiger partial charge is 0.378 e. The van der Waals surface area contributed by atoms with E-state index in [0.717, 1.165) is 24.3 Å². The molecule has 0 unspecified atom stereocenters. The first-order valence-corrected chi connectivity index (χ1v) is 10.8. The molecule has 0 radical (unpaired) electrons. The van der Waals surface area contributed by atoms with E-state index in [1.54, 1.807) is 22.7 Å². The molecular formula is C21H26N3OS2+. The maximum Gasteiger partial charge on any atom is 0.275 e. The zero-order valence-electron chi connectivity index (χ0n) is 15.8. The summed E-state index contributed by atoms with van der Waals surface area (Å²) in [5.41, 5.74) is 2.28. The maximum absolute atomic E-state index is 12.5. The number of thiophene rings is 2. The van der Waals surface area contributed by atoms with Crippen LogP contribution in [0.5, 0.6) is 0 Å². The fourth-order valence-corrected chi connectivity index (χ4v) is 4.46. The molecule has 0 atom stereocenters. The highest BCUT2D eigenvalue weighted by Gasteiger charge is 2.16. The van der Waals surface area contributed by atoms with Gasteiger partial charge in [-0.3, -0.25) is 4.79 Å². The van der Waals surface area contributed by atoms with Crippen LogP contribution in [-0.4, -0.2) is 26.5 Å². The number of benzene rings is 1. The van der Waals surface area contributed by atoms with E-state index < -0.39 is 0 Å². The summed E-state index contributed by atoms with van der Waals surface area (Å²) in [5, 5.41) is 7.26. The Morgan fingerprint density at radius 3 is 2.04 bits per heavy atom. The molecule has 3 rings (SSSR count). The Hall–Kier alpha value is -2.15. The Kier molecular flexibility index (Phi) is 7.04. The van der Waals surface area contributed by atoms with E-state index in [0.29, 0.717) is 13.1 Å². The standard InChI is InChI=1S/C21H25N3OS2/c1-23(2)18-9-7-17(8-10-18)13-22-21(25)16-24(14-19-5-3-11-26-19)15-20-6-4-12-27-20/h3-12H,13-16H2,1-2H3,(H,22,25)/p+1. The fraction of sp³-hybridized carbons (Fsp3) is 0.286. The average molecular weight is 401 g/mol. The highest BCUT2D eigenvalue weighted by Crippen LogP contribution is 2.12. The van der Waals surface area contributed by atoms with Crippen molar-refractivity contribution in [2.24, 2.45) is 0 Å². The van der Waals surface area contributed by atoms with Crippen molar-refractivity contribution >= 4 is 34.3 Å². The van der Waals surface area contributed by atoms with Gasteiger partial charge >= 0.3 is 0 Å². The van der Waals surface area contributed by atoms with Crippen LogP contribution in [0.25, 0.3) is 0 Å². The summed E-state index contributed by atoms with van der Waals surface area (Å²) in [6.07, 6.45) is 0. The predicted octanol–water partition coefficient (Wildman–Crippen LogP) is 2.78. The smallest absolute Gasteiger partial charge is 0.275 e. The van der Waals surface area contributed by atoms with Crippen molar-refractivity contribution < 1.29 is 9.69 Å². The predicted molar refractivity (Wildman–Crippen MR) is 114 cm³/mol. The molecule has 0 aliphatic rings. The number of anilines is 1. The third-order valence-electron chi connectivity index (χ3n) is 4.36. The molecule has 2 heterocycles. The number of carbonyl (C=O) groups excluding carboxylic acids is 1. The molecule has 0 spiro atoms. The van der Waals surface area contributed by atoms with Gasteiger partial charge in [0.25, 0.3) is 5.91 Å². The summed E-state index contributed by atoms with van der Waals surface area (Å²) in [7, 11) is 4.05. The van der Waals surface area contributed by atoms with E-state index >= 15 is 0 Å². The molecule has 2 aromatic heterocycles. The summed E-state index contributed by atoms with van der Waals surface area (Å²) in [5.74, 6) is 0.0924. The number of rotatable bonds is 9. The molecule has 142 valence electrons. The molecule has 1 aromatic carbocycles. The second kappa shape index (κ2) is 9.69. The van der Waals surface area contributed by atoms with Gasteiger partial charge in [0, 0.05) is 26.3 Å². The van der Waals surface area contributed by atoms with E-state index in [9.17, 15) is 4.79 Å². The van der Waals surface area contributed by atoms with E-state index in [2.05, 4.69) is 69.5 Å². The monoisotopic (exact) mass is 400 g/mol. The van der Waals surface area contributed by atoms with Gasteiger partial charge in [0.1, 0.15) is 13.1 Å². The highest BCUT2D eigenvalue weighted by molar-refractivity contribution is 7.10. The Morgan fingerprint density at radius 1 is 0.963 bits per heavy atom. The topological polar surface area (TPSA) is 36.8 Å². The fourth-order valence-electron chi connectivity index (χ4n) is 2.91. The first-order valence-electron chi connectivity index (χ1n) is 9.01. The molecule has 0 saturated heterocycles. The van der Waals surface area contributed by atoms with Crippen LogP contribution >= 0.6 is 22.7 Å². The second-order valence-electron chi connectivity index (χ2n) is 6.78. The lowest BCUT2D eigenvalue weighted by atomic mass is 10.2. The number of amides is 1. The Morgan fingerprint density at radius 2 is 1.56 bits per heavy atom. The van der Waals surface area contributed by atoms with Gasteiger partial charge in [-0.2, -0.15) is 0 Å². The molecule has 0 aliphatic carbocycles. The van der Waals surface area contributed by atoms with Gasteiger partial charge in [-0.15, -0.1) is 22.7 Å². The zero-order chi connectivity index (χ0) is 19.1. The van der Waals surface area contributed by atoms with Crippen molar-refractivity contribution in [3.8, 4) is 0 Å². The van der Waals surface area contributed by atoms with Gasteiger partial charge in [0.2, 0.25) is 0 Å². The third-order valence-corrected chi connectivity index (χ3v) is 6.11. The van der Waals surface area contributed by atoms with Crippen molar-refractivity contribution in [3.05, 3.63) is 74.6 Å². The molecule has 3 aromatic rings. The van der Waals surface area contributed by atoms with E-state index in [1.807, 2.05) is 14.1 Å². The Bertz CT molecular complexity index is 776. The lowest BCUT2D eigenvalue weighted by molar-refractivity contribution is -0.919. The molecule has 0 fully saturated rings. The summed E-state index contributed by atoms with van der Waals surface area (Å²) < 4.78 is 0. The van der Waals surface area contributed by atoms with Crippen LogP contribution in [0.1, 0.15) is 15.3 Å². The van der Waals surface area contributed by atoms with Crippen molar-refractivity contribution in [1.82, 2.24) is 5.32 Å². The summed E-state index contributed by atoms with van der Waals surface area (Å²) in [6, 6.07) is 16.7. The Balaban J connectivity index is 1.54. The maximum atomic E-state index is 12.5. The SMILES string of the molecule is CN(C)c1ccc(CNC(=O)C[NH+](Cc2cccs2)Cc2cccs2)cc1.